The quantitative estimate of drug-likeness (QED) is 0.715. The first-order valence-corrected chi connectivity index (χ1v) is 8.56. The first-order chi connectivity index (χ1) is 13.0. The summed E-state index contributed by atoms with van der Waals surface area (Å²) in [6.07, 6.45) is 1.72. The molecule has 1 atom stereocenters. The third-order valence-electron chi connectivity index (χ3n) is 4.55. The van der Waals surface area contributed by atoms with Crippen LogP contribution >= 0.6 is 0 Å². The van der Waals surface area contributed by atoms with Gasteiger partial charge in [-0.3, -0.25) is 29.0 Å². The molecule has 1 aromatic carbocycles. The van der Waals surface area contributed by atoms with Crippen LogP contribution in [0.2, 0.25) is 0 Å². The van der Waals surface area contributed by atoms with Gasteiger partial charge >= 0.3 is 0 Å². The van der Waals surface area contributed by atoms with Gasteiger partial charge in [-0.2, -0.15) is 0 Å². The van der Waals surface area contributed by atoms with Crippen molar-refractivity contribution in [3.8, 4) is 0 Å². The lowest BCUT2D eigenvalue weighted by atomic mass is 10.0. The topological polar surface area (TPSA) is 96.7 Å². The van der Waals surface area contributed by atoms with Crippen molar-refractivity contribution < 1.29 is 14.4 Å². The summed E-state index contributed by atoms with van der Waals surface area (Å²) in [5.74, 6) is -1.46. The lowest BCUT2D eigenvalue weighted by molar-refractivity contribution is -0.121. The molecule has 0 saturated carbocycles. The van der Waals surface area contributed by atoms with Crippen LogP contribution in [0.15, 0.2) is 48.7 Å². The van der Waals surface area contributed by atoms with Crippen molar-refractivity contribution in [3.63, 3.8) is 0 Å². The molecule has 0 unspecified atom stereocenters. The molecule has 8 heteroatoms. The Morgan fingerprint density at radius 2 is 1.59 bits per heavy atom. The number of hydrogen-bond acceptors (Lipinski definition) is 5. The van der Waals surface area contributed by atoms with Crippen LogP contribution in [0.5, 0.6) is 0 Å². The molecule has 136 valence electrons. The SMILES string of the molecule is CC(C)[C@H](C(=O)Nc1nnc2ccccn12)N1C(=O)c2ccccc2C1=O. The number of pyridine rings is 1. The zero-order valence-corrected chi connectivity index (χ0v) is 14.8. The molecule has 1 aliphatic rings. The van der Waals surface area contributed by atoms with Gasteiger partial charge in [0.05, 0.1) is 11.1 Å². The van der Waals surface area contributed by atoms with Crippen molar-refractivity contribution in [2.24, 2.45) is 5.92 Å². The van der Waals surface area contributed by atoms with E-state index in [1.165, 1.54) is 0 Å². The Bertz CT molecular complexity index is 1040. The van der Waals surface area contributed by atoms with Crippen molar-refractivity contribution in [2.75, 3.05) is 5.32 Å². The minimum atomic E-state index is -0.964. The summed E-state index contributed by atoms with van der Waals surface area (Å²) in [6.45, 7) is 3.57. The van der Waals surface area contributed by atoms with Crippen molar-refractivity contribution in [3.05, 3.63) is 59.8 Å². The first kappa shape index (κ1) is 16.9. The number of nitrogens with zero attached hydrogens (tertiary/aromatic N) is 4. The van der Waals surface area contributed by atoms with E-state index in [0.29, 0.717) is 16.8 Å². The van der Waals surface area contributed by atoms with Crippen LogP contribution in [0.25, 0.3) is 5.65 Å². The fraction of sp³-hybridized carbons (Fsp3) is 0.211. The lowest BCUT2D eigenvalue weighted by Gasteiger charge is -2.28. The third kappa shape index (κ3) is 2.66. The molecule has 0 fully saturated rings. The van der Waals surface area contributed by atoms with Gasteiger partial charge in [0.25, 0.3) is 11.8 Å². The summed E-state index contributed by atoms with van der Waals surface area (Å²) in [5, 5.41) is 10.7. The Morgan fingerprint density at radius 3 is 2.22 bits per heavy atom. The van der Waals surface area contributed by atoms with E-state index >= 15 is 0 Å². The standard InChI is InChI=1S/C19H17N5O3/c1-11(2)15(24-17(26)12-7-3-4-8-13(12)18(24)27)16(25)20-19-22-21-14-9-5-6-10-23(14)19/h3-11,15H,1-2H3,(H,20,22,25)/t15-/m1/s1. The van der Waals surface area contributed by atoms with Gasteiger partial charge in [0.2, 0.25) is 11.9 Å². The summed E-state index contributed by atoms with van der Waals surface area (Å²) in [5.41, 5.74) is 1.21. The number of anilines is 1. The molecule has 27 heavy (non-hydrogen) atoms. The normalized spacial score (nSPS) is 14.7. The number of amides is 3. The molecule has 0 spiro atoms. The van der Waals surface area contributed by atoms with Crippen LogP contribution in [-0.2, 0) is 4.79 Å². The molecule has 3 heterocycles. The van der Waals surface area contributed by atoms with E-state index in [-0.39, 0.29) is 11.9 Å². The molecule has 0 radical (unpaired) electrons. The molecule has 4 rings (SSSR count). The van der Waals surface area contributed by atoms with E-state index in [9.17, 15) is 14.4 Å². The Morgan fingerprint density at radius 1 is 0.963 bits per heavy atom. The molecule has 8 nitrogen and oxygen atoms in total. The summed E-state index contributed by atoms with van der Waals surface area (Å²) in [4.78, 5) is 39.6. The monoisotopic (exact) mass is 363 g/mol. The van der Waals surface area contributed by atoms with E-state index in [1.807, 2.05) is 6.07 Å². The molecule has 1 aliphatic heterocycles. The highest BCUT2D eigenvalue weighted by Crippen LogP contribution is 2.27. The maximum absolute atomic E-state index is 13.0. The molecule has 0 saturated heterocycles. The molecular formula is C19H17N5O3. The number of carbonyl (C=O) groups excluding carboxylic acids is 3. The van der Waals surface area contributed by atoms with E-state index in [2.05, 4.69) is 15.5 Å². The van der Waals surface area contributed by atoms with Gasteiger partial charge in [-0.05, 0) is 30.2 Å². The average molecular weight is 363 g/mol. The first-order valence-electron chi connectivity index (χ1n) is 8.56. The van der Waals surface area contributed by atoms with Crippen LogP contribution in [0.3, 0.4) is 0 Å². The second-order valence-electron chi connectivity index (χ2n) is 6.66. The van der Waals surface area contributed by atoms with Gasteiger partial charge in [0, 0.05) is 6.20 Å². The minimum Gasteiger partial charge on any atom is -0.292 e. The van der Waals surface area contributed by atoms with Crippen LogP contribution in [0.4, 0.5) is 5.95 Å². The zero-order chi connectivity index (χ0) is 19.1. The summed E-state index contributed by atoms with van der Waals surface area (Å²) < 4.78 is 1.62. The second-order valence-corrected chi connectivity index (χ2v) is 6.66. The number of nitrogens with one attached hydrogen (secondary N) is 1. The van der Waals surface area contributed by atoms with Crippen LogP contribution < -0.4 is 5.32 Å². The molecule has 2 aromatic heterocycles. The smallest absolute Gasteiger partial charge is 0.262 e. The number of imide groups is 1. The summed E-state index contributed by atoms with van der Waals surface area (Å²) in [7, 11) is 0. The van der Waals surface area contributed by atoms with Gasteiger partial charge in [-0.25, -0.2) is 0 Å². The van der Waals surface area contributed by atoms with E-state index in [1.54, 1.807) is 60.8 Å². The van der Waals surface area contributed by atoms with E-state index in [4.69, 9.17) is 0 Å². The highest BCUT2D eigenvalue weighted by molar-refractivity contribution is 6.23. The zero-order valence-electron chi connectivity index (χ0n) is 14.8. The molecule has 0 bridgehead atoms. The third-order valence-corrected chi connectivity index (χ3v) is 4.55. The largest absolute Gasteiger partial charge is 0.292 e. The Labute approximate surface area is 154 Å². The van der Waals surface area contributed by atoms with Crippen LogP contribution in [-0.4, -0.2) is 43.3 Å². The van der Waals surface area contributed by atoms with Crippen LogP contribution in [0.1, 0.15) is 34.6 Å². The lowest BCUT2D eigenvalue weighted by Crippen LogP contribution is -2.50. The van der Waals surface area contributed by atoms with Crippen molar-refractivity contribution in [2.45, 2.75) is 19.9 Å². The van der Waals surface area contributed by atoms with Crippen LogP contribution in [0, 0.1) is 5.92 Å². The van der Waals surface area contributed by atoms with Gasteiger partial charge in [0.15, 0.2) is 5.65 Å². The van der Waals surface area contributed by atoms with E-state index in [0.717, 1.165) is 4.90 Å². The highest BCUT2D eigenvalue weighted by Gasteiger charge is 2.44. The van der Waals surface area contributed by atoms with Gasteiger partial charge < -0.3 is 0 Å². The van der Waals surface area contributed by atoms with Crippen molar-refractivity contribution in [1.82, 2.24) is 19.5 Å². The molecule has 0 aliphatic carbocycles. The van der Waals surface area contributed by atoms with Crippen molar-refractivity contribution in [1.29, 1.82) is 0 Å². The van der Waals surface area contributed by atoms with Gasteiger partial charge in [-0.15, -0.1) is 10.2 Å². The average Bonchev–Trinajstić information content (AvgIpc) is 3.17. The fourth-order valence-corrected chi connectivity index (χ4v) is 3.29. The van der Waals surface area contributed by atoms with Gasteiger partial charge in [-0.1, -0.05) is 32.0 Å². The Hall–Kier alpha value is -3.55. The highest BCUT2D eigenvalue weighted by atomic mass is 16.2. The Kier molecular flexibility index (Phi) is 3.95. The minimum absolute atomic E-state index is 0.234. The predicted octanol–water partition coefficient (Wildman–Crippen LogP) is 1.99. The number of hydrogen-bond donors (Lipinski definition) is 1. The number of carbonyl (C=O) groups is 3. The number of aromatic nitrogens is 3. The summed E-state index contributed by atoms with van der Waals surface area (Å²) in [6, 6.07) is 11.0. The maximum atomic E-state index is 13.0. The van der Waals surface area contributed by atoms with E-state index < -0.39 is 23.8 Å². The van der Waals surface area contributed by atoms with Crippen molar-refractivity contribution >= 4 is 29.3 Å². The maximum Gasteiger partial charge on any atom is 0.262 e. The van der Waals surface area contributed by atoms with Gasteiger partial charge in [0.1, 0.15) is 6.04 Å². The number of rotatable bonds is 4. The number of fused-ring (bicyclic) bond motifs is 2. The number of benzene rings is 1. The molecule has 3 aromatic rings. The molecular weight excluding hydrogens is 346 g/mol. The molecule has 3 amide bonds. The second kappa shape index (κ2) is 6.31. The molecule has 1 N–H and O–H groups in total. The summed E-state index contributed by atoms with van der Waals surface area (Å²) >= 11 is 0. The predicted molar refractivity (Wildman–Crippen MR) is 97.2 cm³/mol. The Balaban J connectivity index is 1.66. The fourth-order valence-electron chi connectivity index (χ4n) is 3.29.